The highest BCUT2D eigenvalue weighted by molar-refractivity contribution is 7.89. The summed E-state index contributed by atoms with van der Waals surface area (Å²) in [6.07, 6.45) is 1.43. The van der Waals surface area contributed by atoms with E-state index in [4.69, 9.17) is 4.42 Å². The molecule has 0 saturated heterocycles. The molecule has 1 aromatic heterocycles. The van der Waals surface area contributed by atoms with Gasteiger partial charge in [0.25, 0.3) is 5.69 Å². The maximum atomic E-state index is 11.9. The minimum absolute atomic E-state index is 0.0158. The second kappa shape index (κ2) is 5.21. The largest absolute Gasteiger partial charge is 0.468 e. The predicted octanol–water partition coefficient (Wildman–Crippen LogP) is 1.67. The van der Waals surface area contributed by atoms with Crippen LogP contribution in [0.2, 0.25) is 0 Å². The number of sulfonamides is 1. The third-order valence-corrected chi connectivity index (χ3v) is 3.75. The van der Waals surface area contributed by atoms with E-state index in [2.05, 4.69) is 4.72 Å². The van der Waals surface area contributed by atoms with Crippen LogP contribution in [-0.4, -0.2) is 13.3 Å². The molecule has 100 valence electrons. The van der Waals surface area contributed by atoms with Crippen LogP contribution in [0.1, 0.15) is 5.76 Å². The second-order valence-electron chi connectivity index (χ2n) is 3.66. The van der Waals surface area contributed by atoms with Gasteiger partial charge in [0.15, 0.2) is 0 Å². The van der Waals surface area contributed by atoms with Gasteiger partial charge in [0.05, 0.1) is 22.6 Å². The van der Waals surface area contributed by atoms with Crippen molar-refractivity contribution in [1.82, 2.24) is 4.72 Å². The fourth-order valence-corrected chi connectivity index (χ4v) is 2.46. The summed E-state index contributed by atoms with van der Waals surface area (Å²) in [5, 5.41) is 10.6. The number of non-ortho nitro benzene ring substituents is 1. The number of nitrogens with one attached hydrogen (secondary N) is 1. The van der Waals surface area contributed by atoms with Crippen molar-refractivity contribution in [3.63, 3.8) is 0 Å². The first-order valence-electron chi connectivity index (χ1n) is 5.25. The zero-order chi connectivity index (χ0) is 13.9. The molecule has 19 heavy (non-hydrogen) atoms. The number of nitro groups is 1. The molecule has 0 unspecified atom stereocenters. The lowest BCUT2D eigenvalue weighted by molar-refractivity contribution is -0.385. The van der Waals surface area contributed by atoms with Crippen molar-refractivity contribution in [2.24, 2.45) is 0 Å². The van der Waals surface area contributed by atoms with E-state index in [1.807, 2.05) is 0 Å². The Morgan fingerprint density at radius 3 is 2.68 bits per heavy atom. The molecule has 8 heteroatoms. The summed E-state index contributed by atoms with van der Waals surface area (Å²) in [5.41, 5.74) is -0.277. The summed E-state index contributed by atoms with van der Waals surface area (Å²) in [5.74, 6) is 0.453. The van der Waals surface area contributed by atoms with Gasteiger partial charge >= 0.3 is 0 Å². The average Bonchev–Trinajstić information content (AvgIpc) is 2.90. The predicted molar refractivity (Wildman–Crippen MR) is 65.8 cm³/mol. The van der Waals surface area contributed by atoms with Gasteiger partial charge < -0.3 is 4.42 Å². The van der Waals surface area contributed by atoms with Crippen LogP contribution in [0, 0.1) is 10.1 Å². The van der Waals surface area contributed by atoms with Gasteiger partial charge in [-0.3, -0.25) is 10.1 Å². The van der Waals surface area contributed by atoms with Crippen LogP contribution in [-0.2, 0) is 16.6 Å². The molecular formula is C11H10N2O5S. The van der Waals surface area contributed by atoms with Crippen LogP contribution >= 0.6 is 0 Å². The van der Waals surface area contributed by atoms with Crippen molar-refractivity contribution in [3.8, 4) is 0 Å². The van der Waals surface area contributed by atoms with Crippen molar-refractivity contribution in [1.29, 1.82) is 0 Å². The van der Waals surface area contributed by atoms with Gasteiger partial charge in [-0.1, -0.05) is 6.07 Å². The molecule has 0 atom stereocenters. The van der Waals surface area contributed by atoms with E-state index in [1.165, 1.54) is 24.5 Å². The van der Waals surface area contributed by atoms with Crippen LogP contribution in [0.4, 0.5) is 5.69 Å². The zero-order valence-electron chi connectivity index (χ0n) is 9.65. The van der Waals surface area contributed by atoms with E-state index in [1.54, 1.807) is 12.1 Å². The maximum Gasteiger partial charge on any atom is 0.270 e. The molecule has 1 heterocycles. The van der Waals surface area contributed by atoms with Gasteiger partial charge in [-0.25, -0.2) is 13.1 Å². The number of hydrogen-bond donors (Lipinski definition) is 1. The van der Waals surface area contributed by atoms with Crippen LogP contribution < -0.4 is 4.72 Å². The zero-order valence-corrected chi connectivity index (χ0v) is 10.5. The summed E-state index contributed by atoms with van der Waals surface area (Å²) in [6.45, 7) is -0.0158. The Bertz CT molecular complexity index is 679. The first-order chi connectivity index (χ1) is 8.99. The van der Waals surface area contributed by atoms with Gasteiger partial charge in [-0.2, -0.15) is 0 Å². The van der Waals surface area contributed by atoms with Crippen LogP contribution in [0.15, 0.2) is 52.0 Å². The van der Waals surface area contributed by atoms with Crippen molar-refractivity contribution in [3.05, 3.63) is 58.5 Å². The molecule has 7 nitrogen and oxygen atoms in total. The normalized spacial score (nSPS) is 11.4. The van der Waals surface area contributed by atoms with Gasteiger partial charge in [0, 0.05) is 12.1 Å². The Labute approximate surface area is 109 Å². The topological polar surface area (TPSA) is 102 Å². The van der Waals surface area contributed by atoms with E-state index in [-0.39, 0.29) is 17.1 Å². The number of nitrogens with zero attached hydrogens (tertiary/aromatic N) is 1. The number of furan rings is 1. The number of nitro benzene ring substituents is 1. The number of hydrogen-bond acceptors (Lipinski definition) is 5. The van der Waals surface area contributed by atoms with Crippen molar-refractivity contribution < 1.29 is 17.8 Å². The molecule has 0 saturated carbocycles. The lowest BCUT2D eigenvalue weighted by atomic mass is 10.3. The van der Waals surface area contributed by atoms with Crippen molar-refractivity contribution >= 4 is 15.7 Å². The van der Waals surface area contributed by atoms with Gasteiger partial charge in [0.1, 0.15) is 5.76 Å². The summed E-state index contributed by atoms with van der Waals surface area (Å²) < 4.78 is 31.1. The quantitative estimate of drug-likeness (QED) is 0.663. The molecule has 1 aromatic carbocycles. The third-order valence-electron chi connectivity index (χ3n) is 2.36. The highest BCUT2D eigenvalue weighted by Gasteiger charge is 2.17. The number of benzene rings is 1. The molecule has 1 N–H and O–H groups in total. The molecule has 2 rings (SSSR count). The molecule has 0 aliphatic carbocycles. The molecule has 0 aliphatic rings. The van der Waals surface area contributed by atoms with E-state index >= 15 is 0 Å². The second-order valence-corrected chi connectivity index (χ2v) is 5.43. The Kier molecular flexibility index (Phi) is 3.63. The first kappa shape index (κ1) is 13.2. The van der Waals surface area contributed by atoms with E-state index in [0.29, 0.717) is 5.76 Å². The first-order valence-corrected chi connectivity index (χ1v) is 6.74. The highest BCUT2D eigenvalue weighted by atomic mass is 32.2. The van der Waals surface area contributed by atoms with E-state index < -0.39 is 14.9 Å². The smallest absolute Gasteiger partial charge is 0.270 e. The molecule has 0 aliphatic heterocycles. The lowest BCUT2D eigenvalue weighted by Crippen LogP contribution is -2.23. The monoisotopic (exact) mass is 282 g/mol. The standard InChI is InChI=1S/C11H10N2O5S/c14-13(15)9-3-1-5-11(7-9)19(16,17)12-8-10-4-2-6-18-10/h1-7,12H,8H2. The fraction of sp³-hybridized carbons (Fsp3) is 0.0909. The van der Waals surface area contributed by atoms with Gasteiger partial charge in [-0.15, -0.1) is 0 Å². The summed E-state index contributed by atoms with van der Waals surface area (Å²) in [7, 11) is -3.81. The third kappa shape index (κ3) is 3.18. The van der Waals surface area contributed by atoms with Crippen molar-refractivity contribution in [2.45, 2.75) is 11.4 Å². The maximum absolute atomic E-state index is 11.9. The Hall–Kier alpha value is -2.19. The molecule has 0 radical (unpaired) electrons. The Morgan fingerprint density at radius 2 is 2.05 bits per heavy atom. The molecule has 0 fully saturated rings. The average molecular weight is 282 g/mol. The van der Waals surface area contributed by atoms with Crippen molar-refractivity contribution in [2.75, 3.05) is 0 Å². The minimum Gasteiger partial charge on any atom is -0.468 e. The van der Waals surface area contributed by atoms with Crippen LogP contribution in [0.5, 0.6) is 0 Å². The lowest BCUT2D eigenvalue weighted by Gasteiger charge is -2.04. The van der Waals surface area contributed by atoms with Gasteiger partial charge in [-0.05, 0) is 18.2 Å². The molecule has 2 aromatic rings. The van der Waals surface area contributed by atoms with Crippen LogP contribution in [0.3, 0.4) is 0 Å². The minimum atomic E-state index is -3.81. The molecule has 0 amide bonds. The Morgan fingerprint density at radius 1 is 1.26 bits per heavy atom. The Balaban J connectivity index is 2.19. The highest BCUT2D eigenvalue weighted by Crippen LogP contribution is 2.17. The van der Waals surface area contributed by atoms with Gasteiger partial charge in [0.2, 0.25) is 10.0 Å². The molecular weight excluding hydrogens is 272 g/mol. The SMILES string of the molecule is O=[N+]([O-])c1cccc(S(=O)(=O)NCc2ccco2)c1. The van der Waals surface area contributed by atoms with E-state index in [9.17, 15) is 18.5 Å². The molecule has 0 spiro atoms. The fourth-order valence-electron chi connectivity index (χ4n) is 1.43. The van der Waals surface area contributed by atoms with E-state index in [0.717, 1.165) is 6.07 Å². The molecule has 0 bridgehead atoms. The summed E-state index contributed by atoms with van der Waals surface area (Å²) >= 11 is 0. The summed E-state index contributed by atoms with van der Waals surface area (Å²) in [4.78, 5) is 9.79. The number of rotatable bonds is 5. The van der Waals surface area contributed by atoms with Crippen LogP contribution in [0.25, 0.3) is 0 Å². The summed E-state index contributed by atoms with van der Waals surface area (Å²) in [6, 6.07) is 8.10.